The van der Waals surface area contributed by atoms with Crippen LogP contribution in [0.3, 0.4) is 0 Å². The molecule has 0 spiro atoms. The van der Waals surface area contributed by atoms with E-state index in [9.17, 15) is 9.59 Å². The van der Waals surface area contributed by atoms with Crippen LogP contribution >= 0.6 is 0 Å². The van der Waals surface area contributed by atoms with Gasteiger partial charge >= 0.3 is 0 Å². The fourth-order valence-corrected chi connectivity index (χ4v) is 1.25. The Balaban J connectivity index is 2.95. The molecule has 2 N–H and O–H groups in total. The van der Waals surface area contributed by atoms with Crippen LogP contribution in [0, 0.1) is 0 Å². The lowest BCUT2D eigenvalue weighted by molar-refractivity contribution is -0.111. The number of nitrogens with one attached hydrogen (secondary N) is 2. The molecular formula is C12H14N2O2. The van der Waals surface area contributed by atoms with Crippen LogP contribution in [0.15, 0.2) is 36.4 Å². The minimum absolute atomic E-state index is 0.226. The third-order valence-electron chi connectivity index (χ3n) is 1.97. The molecule has 0 atom stereocenters. The van der Waals surface area contributed by atoms with Crippen molar-refractivity contribution in [3.8, 4) is 0 Å². The Kier molecular flexibility index (Phi) is 4.27. The highest BCUT2D eigenvalue weighted by atomic mass is 16.2. The lowest BCUT2D eigenvalue weighted by Gasteiger charge is -2.08. The van der Waals surface area contributed by atoms with Crippen LogP contribution in [0.1, 0.15) is 17.3 Å². The first-order valence-corrected chi connectivity index (χ1v) is 4.93. The molecule has 0 saturated heterocycles. The second kappa shape index (κ2) is 5.70. The highest BCUT2D eigenvalue weighted by molar-refractivity contribution is 6.06. The van der Waals surface area contributed by atoms with Crippen molar-refractivity contribution < 1.29 is 9.59 Å². The van der Waals surface area contributed by atoms with Crippen molar-refractivity contribution in [2.45, 2.75) is 6.92 Å². The molecule has 1 aromatic rings. The summed E-state index contributed by atoms with van der Waals surface area (Å²) >= 11 is 0. The molecule has 0 fully saturated rings. The van der Waals surface area contributed by atoms with Crippen LogP contribution in [-0.2, 0) is 4.79 Å². The van der Waals surface area contributed by atoms with Crippen LogP contribution in [0.2, 0.25) is 0 Å². The molecular weight excluding hydrogens is 204 g/mol. The molecule has 16 heavy (non-hydrogen) atoms. The van der Waals surface area contributed by atoms with Gasteiger partial charge in [-0.3, -0.25) is 9.59 Å². The Bertz CT molecular complexity index is 425. The van der Waals surface area contributed by atoms with Crippen LogP contribution in [-0.4, -0.2) is 18.9 Å². The quantitative estimate of drug-likeness (QED) is 0.756. The minimum Gasteiger partial charge on any atom is -0.355 e. The fourth-order valence-electron chi connectivity index (χ4n) is 1.25. The smallest absolute Gasteiger partial charge is 0.253 e. The van der Waals surface area contributed by atoms with Gasteiger partial charge in [0.2, 0.25) is 5.91 Å². The second-order valence-corrected chi connectivity index (χ2v) is 3.11. The molecule has 1 aromatic carbocycles. The van der Waals surface area contributed by atoms with Crippen LogP contribution < -0.4 is 10.6 Å². The average Bonchev–Trinajstić information content (AvgIpc) is 2.29. The molecule has 2 amide bonds. The molecule has 0 heterocycles. The SMILES string of the molecule is CC=CC(=O)Nc1ccccc1C(=O)NC. The van der Waals surface area contributed by atoms with Crippen LogP contribution in [0.25, 0.3) is 0 Å². The lowest BCUT2D eigenvalue weighted by atomic mass is 10.1. The maximum Gasteiger partial charge on any atom is 0.253 e. The molecule has 1 rings (SSSR count). The molecule has 0 aliphatic carbocycles. The summed E-state index contributed by atoms with van der Waals surface area (Å²) in [5.74, 6) is -0.477. The Hall–Kier alpha value is -2.10. The number of amides is 2. The second-order valence-electron chi connectivity index (χ2n) is 3.11. The van der Waals surface area contributed by atoms with Crippen molar-refractivity contribution in [3.63, 3.8) is 0 Å². The minimum atomic E-state index is -0.251. The highest BCUT2D eigenvalue weighted by Gasteiger charge is 2.09. The highest BCUT2D eigenvalue weighted by Crippen LogP contribution is 2.14. The van der Waals surface area contributed by atoms with E-state index < -0.39 is 0 Å². The van der Waals surface area contributed by atoms with Crippen molar-refractivity contribution in [2.75, 3.05) is 12.4 Å². The molecule has 0 aromatic heterocycles. The summed E-state index contributed by atoms with van der Waals surface area (Å²) in [7, 11) is 1.55. The van der Waals surface area contributed by atoms with Gasteiger partial charge in [-0.2, -0.15) is 0 Å². The van der Waals surface area contributed by atoms with E-state index in [4.69, 9.17) is 0 Å². The summed E-state index contributed by atoms with van der Waals surface area (Å²) in [4.78, 5) is 22.8. The molecule has 0 unspecified atom stereocenters. The molecule has 4 heteroatoms. The van der Waals surface area contributed by atoms with Gasteiger partial charge in [-0.05, 0) is 25.1 Å². The lowest BCUT2D eigenvalue weighted by Crippen LogP contribution is -2.20. The zero-order valence-electron chi connectivity index (χ0n) is 9.28. The van der Waals surface area contributed by atoms with Gasteiger partial charge in [0.25, 0.3) is 5.91 Å². The van der Waals surface area contributed by atoms with E-state index in [1.807, 2.05) is 0 Å². The molecule has 0 aliphatic rings. The zero-order chi connectivity index (χ0) is 12.0. The molecule has 0 radical (unpaired) electrons. The number of allylic oxidation sites excluding steroid dienone is 1. The van der Waals surface area contributed by atoms with Crippen LogP contribution in [0.4, 0.5) is 5.69 Å². The van der Waals surface area contributed by atoms with Gasteiger partial charge < -0.3 is 10.6 Å². The number of carbonyl (C=O) groups excluding carboxylic acids is 2. The number of para-hydroxylation sites is 1. The normalized spacial score (nSPS) is 10.1. The maximum atomic E-state index is 11.5. The topological polar surface area (TPSA) is 58.2 Å². The van der Waals surface area contributed by atoms with E-state index in [1.165, 1.54) is 6.08 Å². The summed E-state index contributed by atoms with van der Waals surface area (Å²) in [6, 6.07) is 6.85. The van der Waals surface area contributed by atoms with E-state index in [0.717, 1.165) is 0 Å². The number of anilines is 1. The van der Waals surface area contributed by atoms with Crippen molar-refractivity contribution in [1.29, 1.82) is 0 Å². The number of hydrogen-bond acceptors (Lipinski definition) is 2. The molecule has 0 bridgehead atoms. The van der Waals surface area contributed by atoms with Gasteiger partial charge in [-0.25, -0.2) is 0 Å². The van der Waals surface area contributed by atoms with Gasteiger partial charge in [0.15, 0.2) is 0 Å². The van der Waals surface area contributed by atoms with Crippen molar-refractivity contribution in [1.82, 2.24) is 5.32 Å². The Morgan fingerprint density at radius 3 is 2.56 bits per heavy atom. The van der Waals surface area contributed by atoms with E-state index in [0.29, 0.717) is 11.3 Å². The third kappa shape index (κ3) is 2.95. The van der Waals surface area contributed by atoms with Gasteiger partial charge in [0.05, 0.1) is 11.3 Å². The maximum absolute atomic E-state index is 11.5. The number of carbonyl (C=O) groups is 2. The summed E-state index contributed by atoms with van der Waals surface area (Å²) < 4.78 is 0. The molecule has 4 nitrogen and oxygen atoms in total. The molecule has 0 saturated carbocycles. The Morgan fingerprint density at radius 1 is 1.25 bits per heavy atom. The summed E-state index contributed by atoms with van der Waals surface area (Å²) in [5, 5.41) is 5.16. The number of rotatable bonds is 3. The van der Waals surface area contributed by atoms with Crippen LogP contribution in [0.5, 0.6) is 0 Å². The molecule has 0 aliphatic heterocycles. The number of benzene rings is 1. The van der Waals surface area contributed by atoms with Gasteiger partial charge in [0.1, 0.15) is 0 Å². The van der Waals surface area contributed by atoms with Crippen molar-refractivity contribution in [2.24, 2.45) is 0 Å². The first-order chi connectivity index (χ1) is 7.69. The first kappa shape index (κ1) is 12.0. The molecule has 84 valence electrons. The summed E-state index contributed by atoms with van der Waals surface area (Å²) in [6.07, 6.45) is 3.04. The van der Waals surface area contributed by atoms with Gasteiger partial charge in [0, 0.05) is 7.05 Å². The summed E-state index contributed by atoms with van der Waals surface area (Å²) in [6.45, 7) is 1.75. The largest absolute Gasteiger partial charge is 0.355 e. The van der Waals surface area contributed by atoms with Crippen molar-refractivity contribution >= 4 is 17.5 Å². The predicted octanol–water partition coefficient (Wildman–Crippen LogP) is 1.56. The van der Waals surface area contributed by atoms with Gasteiger partial charge in [-0.1, -0.05) is 18.2 Å². The number of hydrogen-bond donors (Lipinski definition) is 2. The zero-order valence-corrected chi connectivity index (χ0v) is 9.28. The van der Waals surface area contributed by atoms with Crippen molar-refractivity contribution in [3.05, 3.63) is 42.0 Å². The van der Waals surface area contributed by atoms with E-state index >= 15 is 0 Å². The van der Waals surface area contributed by atoms with E-state index in [2.05, 4.69) is 10.6 Å². The standard InChI is InChI=1S/C12H14N2O2/c1-3-6-11(15)14-10-8-5-4-7-9(10)12(16)13-2/h3-8H,1-2H3,(H,13,16)(H,14,15). The van der Waals surface area contributed by atoms with E-state index in [-0.39, 0.29) is 11.8 Å². The average molecular weight is 218 g/mol. The first-order valence-electron chi connectivity index (χ1n) is 4.93. The third-order valence-corrected chi connectivity index (χ3v) is 1.97. The Morgan fingerprint density at radius 2 is 1.94 bits per heavy atom. The predicted molar refractivity (Wildman–Crippen MR) is 63.3 cm³/mol. The fraction of sp³-hybridized carbons (Fsp3) is 0.167. The Labute approximate surface area is 94.4 Å². The summed E-state index contributed by atoms with van der Waals surface area (Å²) in [5.41, 5.74) is 0.952. The van der Waals surface area contributed by atoms with E-state index in [1.54, 1.807) is 44.3 Å². The monoisotopic (exact) mass is 218 g/mol. The van der Waals surface area contributed by atoms with Gasteiger partial charge in [-0.15, -0.1) is 0 Å².